The summed E-state index contributed by atoms with van der Waals surface area (Å²) in [4.78, 5) is 33.0. The summed E-state index contributed by atoms with van der Waals surface area (Å²) >= 11 is 0. The number of hydrogen-bond donors (Lipinski definition) is 4. The summed E-state index contributed by atoms with van der Waals surface area (Å²) in [6.45, 7) is 4.99. The topological polar surface area (TPSA) is 153 Å². The van der Waals surface area contributed by atoms with Crippen LogP contribution in [-0.4, -0.2) is 67.2 Å². The van der Waals surface area contributed by atoms with Gasteiger partial charge in [0.2, 0.25) is 11.8 Å². The number of phenols is 1. The van der Waals surface area contributed by atoms with Gasteiger partial charge in [-0.05, 0) is 68.0 Å². The van der Waals surface area contributed by atoms with Gasteiger partial charge in [-0.25, -0.2) is 0 Å². The Morgan fingerprint density at radius 2 is 1.69 bits per heavy atom. The maximum Gasteiger partial charge on any atom is 0.246 e. The Hall–Kier alpha value is -3.95. The van der Waals surface area contributed by atoms with Crippen molar-refractivity contribution in [3.8, 4) is 17.2 Å². The largest absolute Gasteiger partial charge is 0.508 e. The fourth-order valence-corrected chi connectivity index (χ4v) is 4.48. The third-order valence-electron chi connectivity index (χ3n) is 6.54. The smallest absolute Gasteiger partial charge is 0.246 e. The van der Waals surface area contributed by atoms with E-state index in [1.165, 1.54) is 0 Å². The van der Waals surface area contributed by atoms with Gasteiger partial charge in [-0.15, -0.1) is 0 Å². The van der Waals surface area contributed by atoms with Crippen LogP contribution in [0.4, 0.5) is 0 Å². The van der Waals surface area contributed by atoms with Gasteiger partial charge in [0.15, 0.2) is 17.5 Å². The van der Waals surface area contributed by atoms with Crippen LogP contribution in [0.2, 0.25) is 0 Å². The van der Waals surface area contributed by atoms with Crippen LogP contribution in [0.5, 0.6) is 17.2 Å². The molecule has 0 aliphatic heterocycles. The summed E-state index contributed by atoms with van der Waals surface area (Å²) in [6, 6.07) is 12.5. The molecule has 0 saturated heterocycles. The number of nitrogens with zero attached hydrogens (tertiary/aromatic N) is 2. The number of methoxy groups -OCH3 is 2. The molecule has 2 aromatic carbocycles. The van der Waals surface area contributed by atoms with Crippen molar-refractivity contribution < 1.29 is 24.2 Å². The minimum Gasteiger partial charge on any atom is -0.508 e. The zero-order valence-electron chi connectivity index (χ0n) is 23.5. The quantitative estimate of drug-likeness (QED) is 0.145. The molecule has 0 aliphatic rings. The van der Waals surface area contributed by atoms with E-state index in [9.17, 15) is 14.7 Å². The number of aromatic hydroxyl groups is 1. The van der Waals surface area contributed by atoms with E-state index < -0.39 is 5.54 Å². The Morgan fingerprint density at radius 1 is 1.03 bits per heavy atom. The van der Waals surface area contributed by atoms with E-state index in [4.69, 9.17) is 20.9 Å². The zero-order valence-corrected chi connectivity index (χ0v) is 23.5. The van der Waals surface area contributed by atoms with Crippen molar-refractivity contribution in [3.63, 3.8) is 0 Å². The Morgan fingerprint density at radius 3 is 2.31 bits per heavy atom. The number of phenolic OH excluding ortho intramolecular Hbond substituents is 1. The minimum atomic E-state index is -1.15. The van der Waals surface area contributed by atoms with Crippen LogP contribution in [0, 0.1) is 0 Å². The van der Waals surface area contributed by atoms with Gasteiger partial charge < -0.3 is 36.3 Å². The molecule has 2 amide bonds. The van der Waals surface area contributed by atoms with Crippen molar-refractivity contribution in [2.75, 3.05) is 33.9 Å². The second-order valence-corrected chi connectivity index (χ2v) is 9.62. The Balaban J connectivity index is 2.27. The Kier molecular flexibility index (Phi) is 12.4. The van der Waals surface area contributed by atoms with Gasteiger partial charge in [0.25, 0.3) is 0 Å². The number of benzene rings is 2. The van der Waals surface area contributed by atoms with Gasteiger partial charge in [0.05, 0.1) is 14.2 Å². The number of nitrogens with one attached hydrogen (secondary N) is 1. The highest BCUT2D eigenvalue weighted by atomic mass is 16.5. The first kappa shape index (κ1) is 31.3. The zero-order chi connectivity index (χ0) is 28.8. The summed E-state index contributed by atoms with van der Waals surface area (Å²) in [5.41, 5.74) is 11.5. The lowest BCUT2D eigenvalue weighted by molar-refractivity contribution is -0.147. The molecule has 0 aliphatic carbocycles. The maximum absolute atomic E-state index is 13.7. The Bertz CT molecular complexity index is 1100. The molecule has 214 valence electrons. The lowest BCUT2D eigenvalue weighted by Gasteiger charge is -2.40. The molecule has 39 heavy (non-hydrogen) atoms. The van der Waals surface area contributed by atoms with Crippen LogP contribution >= 0.6 is 0 Å². The molecular weight excluding hydrogens is 498 g/mol. The number of amides is 2. The van der Waals surface area contributed by atoms with Crippen molar-refractivity contribution >= 4 is 17.8 Å². The standard InChI is InChI=1S/C29H43N5O5/c1-5-18-34(26(36)9-6-8-21-10-13-23(35)14-11-21)29(2,27(37)32-16-7-17-33-28(30)31)20-22-12-15-24(38-3)25(19-22)39-4/h10-15,19,35H,5-9,16-18,20H2,1-4H3,(H,32,37)(H4,30,31,33)/t29-/m0/s1. The van der Waals surface area contributed by atoms with E-state index in [1.807, 2.05) is 38.1 Å². The summed E-state index contributed by atoms with van der Waals surface area (Å²) in [7, 11) is 3.13. The fourth-order valence-electron chi connectivity index (χ4n) is 4.48. The lowest BCUT2D eigenvalue weighted by atomic mass is 9.88. The SMILES string of the molecule is CCCN(C(=O)CCCc1ccc(O)cc1)[C@@](C)(Cc1ccc(OC)c(OC)c1)C(=O)NCCCN=C(N)N. The molecular formula is C29H43N5O5. The molecule has 0 spiro atoms. The second-order valence-electron chi connectivity index (χ2n) is 9.62. The maximum atomic E-state index is 13.7. The third-order valence-corrected chi connectivity index (χ3v) is 6.54. The molecule has 0 saturated carbocycles. The third kappa shape index (κ3) is 9.38. The first-order chi connectivity index (χ1) is 18.6. The molecule has 1 atom stereocenters. The van der Waals surface area contributed by atoms with Gasteiger partial charge in [0.1, 0.15) is 11.3 Å². The molecule has 0 fully saturated rings. The number of nitrogens with two attached hydrogens (primary N) is 2. The van der Waals surface area contributed by atoms with E-state index >= 15 is 0 Å². The predicted molar refractivity (Wildman–Crippen MR) is 153 cm³/mol. The minimum absolute atomic E-state index is 0.00615. The van der Waals surface area contributed by atoms with Crippen molar-refractivity contribution in [1.82, 2.24) is 10.2 Å². The van der Waals surface area contributed by atoms with Crippen LogP contribution in [-0.2, 0) is 22.4 Å². The van der Waals surface area contributed by atoms with Gasteiger partial charge in [-0.3, -0.25) is 14.6 Å². The van der Waals surface area contributed by atoms with Crippen LogP contribution in [0.3, 0.4) is 0 Å². The molecule has 6 N–H and O–H groups in total. The molecule has 0 unspecified atom stereocenters. The molecule has 10 heteroatoms. The van der Waals surface area contributed by atoms with Gasteiger partial charge >= 0.3 is 0 Å². The van der Waals surface area contributed by atoms with Crippen LogP contribution in [0.25, 0.3) is 0 Å². The van der Waals surface area contributed by atoms with Crippen LogP contribution in [0.15, 0.2) is 47.5 Å². The molecule has 0 heterocycles. The fraction of sp³-hybridized carbons (Fsp3) is 0.483. The lowest BCUT2D eigenvalue weighted by Crippen LogP contribution is -2.60. The van der Waals surface area contributed by atoms with E-state index in [1.54, 1.807) is 37.3 Å². The first-order valence-electron chi connectivity index (χ1n) is 13.3. The number of aryl methyl sites for hydroxylation is 1. The molecule has 2 aromatic rings. The number of ether oxygens (including phenoxy) is 2. The molecule has 0 radical (unpaired) electrons. The van der Waals surface area contributed by atoms with E-state index in [-0.39, 0.29) is 29.9 Å². The van der Waals surface area contributed by atoms with E-state index in [0.29, 0.717) is 63.2 Å². The summed E-state index contributed by atoms with van der Waals surface area (Å²) < 4.78 is 10.8. The normalized spacial score (nSPS) is 12.2. The highest BCUT2D eigenvalue weighted by Gasteiger charge is 2.41. The predicted octanol–water partition coefficient (Wildman–Crippen LogP) is 2.75. The number of carbonyl (C=O) groups excluding carboxylic acids is 2. The second kappa shape index (κ2) is 15.5. The summed E-state index contributed by atoms with van der Waals surface area (Å²) in [5, 5.41) is 12.5. The highest BCUT2D eigenvalue weighted by Crippen LogP contribution is 2.31. The van der Waals surface area contributed by atoms with Crippen LogP contribution < -0.4 is 26.3 Å². The molecule has 0 aromatic heterocycles. The highest BCUT2D eigenvalue weighted by molar-refractivity contribution is 5.91. The number of carbonyl (C=O) groups is 2. The number of aliphatic imine (C=N–C) groups is 1. The van der Waals surface area contributed by atoms with Crippen molar-refractivity contribution in [2.45, 2.75) is 57.9 Å². The van der Waals surface area contributed by atoms with Crippen molar-refractivity contribution in [1.29, 1.82) is 0 Å². The van der Waals surface area contributed by atoms with Crippen LogP contribution in [0.1, 0.15) is 50.7 Å². The number of hydrogen-bond acceptors (Lipinski definition) is 6. The van der Waals surface area contributed by atoms with Gasteiger partial charge in [-0.1, -0.05) is 25.1 Å². The Labute approximate surface area is 231 Å². The molecule has 10 nitrogen and oxygen atoms in total. The number of guanidine groups is 1. The molecule has 0 bridgehead atoms. The summed E-state index contributed by atoms with van der Waals surface area (Å²) in [6.07, 6.45) is 3.15. The van der Waals surface area contributed by atoms with Gasteiger partial charge in [-0.2, -0.15) is 0 Å². The number of rotatable bonds is 16. The summed E-state index contributed by atoms with van der Waals surface area (Å²) in [5.74, 6) is 1.02. The van der Waals surface area contributed by atoms with Crippen molar-refractivity contribution in [3.05, 3.63) is 53.6 Å². The monoisotopic (exact) mass is 541 g/mol. The van der Waals surface area contributed by atoms with Crippen molar-refractivity contribution in [2.24, 2.45) is 16.5 Å². The van der Waals surface area contributed by atoms with E-state index in [0.717, 1.165) is 11.1 Å². The van der Waals surface area contributed by atoms with E-state index in [2.05, 4.69) is 10.3 Å². The molecule has 2 rings (SSSR count). The average molecular weight is 542 g/mol. The average Bonchev–Trinajstić information content (AvgIpc) is 2.92. The van der Waals surface area contributed by atoms with Gasteiger partial charge in [0, 0.05) is 32.5 Å². The first-order valence-corrected chi connectivity index (χ1v) is 13.3.